The first-order valence-electron chi connectivity index (χ1n) is 18.9. The van der Waals surface area contributed by atoms with E-state index in [0.29, 0.717) is 17.5 Å². The summed E-state index contributed by atoms with van der Waals surface area (Å²) < 4.78 is 6.99. The molecule has 4 nitrogen and oxygen atoms in total. The molecule has 0 bridgehead atoms. The van der Waals surface area contributed by atoms with Crippen LogP contribution in [0, 0.1) is 0 Å². The van der Waals surface area contributed by atoms with E-state index in [9.17, 15) is 0 Å². The monoisotopic (exact) mass is 715 g/mol. The summed E-state index contributed by atoms with van der Waals surface area (Å²) >= 11 is 0. The Morgan fingerprint density at radius 3 is 1.52 bits per heavy atom. The summed E-state index contributed by atoms with van der Waals surface area (Å²) in [7, 11) is 0. The molecule has 1 aliphatic carbocycles. The third kappa shape index (κ3) is 4.89. The SMILES string of the molecule is c1ccc(-c2nc(-c3ccccc3)nc(-c3cccc(-c4cc5c(c6oc7ccccc7c46)-c4ccccc4C5(c4ccccc4)c4ccccc4)c3)n2)cc1. The highest BCUT2D eigenvalue weighted by molar-refractivity contribution is 6.18. The highest BCUT2D eigenvalue weighted by Gasteiger charge is 2.47. The van der Waals surface area contributed by atoms with E-state index in [1.54, 1.807) is 0 Å². The third-order valence-electron chi connectivity index (χ3n) is 11.2. The van der Waals surface area contributed by atoms with Crippen LogP contribution in [-0.4, -0.2) is 15.0 Å². The molecule has 0 saturated heterocycles. The number of hydrogen-bond donors (Lipinski definition) is 0. The Morgan fingerprint density at radius 1 is 0.375 bits per heavy atom. The fourth-order valence-electron chi connectivity index (χ4n) is 8.79. The summed E-state index contributed by atoms with van der Waals surface area (Å²) in [5.74, 6) is 1.88. The zero-order chi connectivity index (χ0) is 37.1. The summed E-state index contributed by atoms with van der Waals surface area (Å²) in [5, 5.41) is 2.17. The molecule has 2 aromatic heterocycles. The average Bonchev–Trinajstić information content (AvgIpc) is 3.82. The van der Waals surface area contributed by atoms with Gasteiger partial charge in [-0.2, -0.15) is 0 Å². The molecule has 0 spiro atoms. The molecule has 0 unspecified atom stereocenters. The van der Waals surface area contributed by atoms with Gasteiger partial charge in [0.25, 0.3) is 0 Å². The van der Waals surface area contributed by atoms with E-state index >= 15 is 0 Å². The van der Waals surface area contributed by atoms with Crippen molar-refractivity contribution in [3.05, 3.63) is 222 Å². The summed E-state index contributed by atoms with van der Waals surface area (Å²) in [6.07, 6.45) is 0. The van der Waals surface area contributed by atoms with Crippen molar-refractivity contribution in [1.82, 2.24) is 15.0 Å². The Kier molecular flexibility index (Phi) is 7.36. The molecule has 0 atom stereocenters. The number of nitrogens with zero attached hydrogens (tertiary/aromatic N) is 3. The van der Waals surface area contributed by atoms with Gasteiger partial charge >= 0.3 is 0 Å². The van der Waals surface area contributed by atoms with Crippen LogP contribution < -0.4 is 0 Å². The minimum atomic E-state index is -0.586. The maximum atomic E-state index is 6.99. The van der Waals surface area contributed by atoms with E-state index in [0.717, 1.165) is 55.3 Å². The normalized spacial score (nSPS) is 12.8. The molecule has 0 amide bonds. The number of aromatic nitrogens is 3. The van der Waals surface area contributed by atoms with Gasteiger partial charge in [-0.3, -0.25) is 0 Å². The lowest BCUT2D eigenvalue weighted by Crippen LogP contribution is -2.28. The maximum Gasteiger partial charge on any atom is 0.164 e. The van der Waals surface area contributed by atoms with Crippen LogP contribution in [0.3, 0.4) is 0 Å². The van der Waals surface area contributed by atoms with Gasteiger partial charge in [-0.15, -0.1) is 0 Å². The Hall–Kier alpha value is -7.43. The van der Waals surface area contributed by atoms with Crippen molar-refractivity contribution in [1.29, 1.82) is 0 Å². The fraction of sp³-hybridized carbons (Fsp3) is 0.0192. The van der Waals surface area contributed by atoms with Crippen LogP contribution >= 0.6 is 0 Å². The number of para-hydroxylation sites is 1. The van der Waals surface area contributed by atoms with Crippen molar-refractivity contribution in [2.24, 2.45) is 0 Å². The van der Waals surface area contributed by atoms with Crippen LogP contribution in [0.1, 0.15) is 22.3 Å². The molecule has 2 heterocycles. The zero-order valence-corrected chi connectivity index (χ0v) is 30.3. The number of benzene rings is 8. The number of rotatable bonds is 6. The van der Waals surface area contributed by atoms with Crippen molar-refractivity contribution in [2.75, 3.05) is 0 Å². The van der Waals surface area contributed by atoms with Crippen molar-refractivity contribution < 1.29 is 4.42 Å². The quantitative estimate of drug-likeness (QED) is 0.172. The average molecular weight is 716 g/mol. The van der Waals surface area contributed by atoms with Crippen molar-refractivity contribution in [3.63, 3.8) is 0 Å². The molecule has 0 fully saturated rings. The Morgan fingerprint density at radius 2 is 0.875 bits per heavy atom. The minimum absolute atomic E-state index is 0.586. The van der Waals surface area contributed by atoms with Gasteiger partial charge in [-0.1, -0.05) is 182 Å². The van der Waals surface area contributed by atoms with Gasteiger partial charge in [0.1, 0.15) is 11.2 Å². The van der Waals surface area contributed by atoms with Gasteiger partial charge in [-0.25, -0.2) is 15.0 Å². The molecule has 0 N–H and O–H groups in total. The van der Waals surface area contributed by atoms with E-state index in [4.69, 9.17) is 19.4 Å². The van der Waals surface area contributed by atoms with Crippen LogP contribution in [-0.2, 0) is 5.41 Å². The Bertz CT molecular complexity index is 2970. The van der Waals surface area contributed by atoms with Crippen LogP contribution in [0.5, 0.6) is 0 Å². The van der Waals surface area contributed by atoms with Gasteiger partial charge in [0.15, 0.2) is 17.5 Å². The first-order chi connectivity index (χ1) is 27.8. The molecule has 56 heavy (non-hydrogen) atoms. The van der Waals surface area contributed by atoms with Crippen LogP contribution in [0.2, 0.25) is 0 Å². The third-order valence-corrected chi connectivity index (χ3v) is 11.2. The van der Waals surface area contributed by atoms with E-state index in [1.165, 1.54) is 27.8 Å². The number of furan rings is 1. The van der Waals surface area contributed by atoms with Gasteiger partial charge in [-0.05, 0) is 57.1 Å². The molecule has 4 heteroatoms. The molecular formula is C52H33N3O. The van der Waals surface area contributed by atoms with Gasteiger partial charge in [0, 0.05) is 33.0 Å². The molecular weight excluding hydrogens is 683 g/mol. The van der Waals surface area contributed by atoms with Gasteiger partial charge in [0.05, 0.1) is 5.41 Å². The topological polar surface area (TPSA) is 51.8 Å². The van der Waals surface area contributed by atoms with Crippen LogP contribution in [0.15, 0.2) is 205 Å². The summed E-state index contributed by atoms with van der Waals surface area (Å²) in [6, 6.07) is 70.3. The Labute approximate surface area is 324 Å². The van der Waals surface area contributed by atoms with E-state index in [-0.39, 0.29) is 0 Å². The zero-order valence-electron chi connectivity index (χ0n) is 30.3. The number of hydrogen-bond acceptors (Lipinski definition) is 4. The number of fused-ring (bicyclic) bond motifs is 7. The van der Waals surface area contributed by atoms with E-state index < -0.39 is 5.41 Å². The molecule has 0 radical (unpaired) electrons. The van der Waals surface area contributed by atoms with Crippen molar-refractivity contribution in [2.45, 2.75) is 5.41 Å². The van der Waals surface area contributed by atoms with Crippen LogP contribution in [0.25, 0.3) is 78.4 Å². The lowest BCUT2D eigenvalue weighted by molar-refractivity contribution is 0.669. The van der Waals surface area contributed by atoms with Crippen molar-refractivity contribution in [3.8, 4) is 56.4 Å². The lowest BCUT2D eigenvalue weighted by Gasteiger charge is -2.34. The molecule has 0 saturated carbocycles. The first-order valence-corrected chi connectivity index (χ1v) is 18.9. The summed E-state index contributed by atoms with van der Waals surface area (Å²) in [4.78, 5) is 15.1. The minimum Gasteiger partial charge on any atom is -0.455 e. The van der Waals surface area contributed by atoms with Crippen molar-refractivity contribution >= 4 is 21.9 Å². The van der Waals surface area contributed by atoms with Gasteiger partial charge in [0.2, 0.25) is 0 Å². The molecule has 0 aliphatic heterocycles. The van der Waals surface area contributed by atoms with E-state index in [2.05, 4.69) is 133 Å². The molecule has 1 aliphatic rings. The van der Waals surface area contributed by atoms with E-state index in [1.807, 2.05) is 66.7 Å². The molecule has 262 valence electrons. The highest BCUT2D eigenvalue weighted by Crippen LogP contribution is 2.59. The summed E-state index contributed by atoms with van der Waals surface area (Å²) in [6.45, 7) is 0. The molecule has 8 aromatic carbocycles. The predicted octanol–water partition coefficient (Wildman–Crippen LogP) is 12.8. The van der Waals surface area contributed by atoms with Crippen LogP contribution in [0.4, 0.5) is 0 Å². The largest absolute Gasteiger partial charge is 0.455 e. The fourth-order valence-corrected chi connectivity index (χ4v) is 8.79. The summed E-state index contributed by atoms with van der Waals surface area (Å²) in [5.41, 5.74) is 13.3. The lowest BCUT2D eigenvalue weighted by atomic mass is 9.67. The maximum absolute atomic E-state index is 6.99. The first kappa shape index (κ1) is 32.0. The smallest absolute Gasteiger partial charge is 0.164 e. The second-order valence-corrected chi connectivity index (χ2v) is 14.3. The standard InChI is InChI=1S/C52H33N3O/c1-5-18-34(19-6-1)49-53-50(35-20-7-2-8-21-35)55-51(54-49)37-23-17-22-36(32-37)42-33-44-47(48-46(42)41-29-14-16-31-45(41)56-48)40-28-13-15-30-43(40)52(44,38-24-9-3-10-25-38)39-26-11-4-12-27-39/h1-33H. The highest BCUT2D eigenvalue weighted by atomic mass is 16.3. The Balaban J connectivity index is 1.21. The molecule has 11 rings (SSSR count). The molecule has 10 aromatic rings. The second-order valence-electron chi connectivity index (χ2n) is 14.3. The second kappa shape index (κ2) is 12.9. The van der Waals surface area contributed by atoms with Gasteiger partial charge < -0.3 is 4.42 Å². The predicted molar refractivity (Wildman–Crippen MR) is 226 cm³/mol.